The molecule has 0 saturated carbocycles. The van der Waals surface area contributed by atoms with E-state index in [4.69, 9.17) is 5.41 Å². The molecule has 2 rings (SSSR count). The smallest absolute Gasteiger partial charge is 0.0256 e. The van der Waals surface area contributed by atoms with Crippen molar-refractivity contribution in [2.75, 3.05) is 0 Å². The molecule has 0 saturated heterocycles. The summed E-state index contributed by atoms with van der Waals surface area (Å²) in [6.45, 7) is 2.08. The zero-order valence-corrected chi connectivity index (χ0v) is 8.70. The third-order valence-corrected chi connectivity index (χ3v) is 2.48. The van der Waals surface area contributed by atoms with Gasteiger partial charge in [-0.05, 0) is 23.6 Å². The Kier molecular flexibility index (Phi) is 2.64. The van der Waals surface area contributed by atoms with Crippen molar-refractivity contribution >= 4 is 6.21 Å². The van der Waals surface area contributed by atoms with E-state index in [2.05, 4.69) is 31.2 Å². The summed E-state index contributed by atoms with van der Waals surface area (Å²) >= 11 is 0. The Morgan fingerprint density at radius 3 is 2.27 bits per heavy atom. The molecule has 0 bridgehead atoms. The van der Waals surface area contributed by atoms with E-state index in [-0.39, 0.29) is 0 Å². The van der Waals surface area contributed by atoms with Gasteiger partial charge in [-0.1, -0.05) is 54.1 Å². The lowest BCUT2D eigenvalue weighted by Crippen LogP contribution is -1.86. The molecule has 15 heavy (non-hydrogen) atoms. The van der Waals surface area contributed by atoms with Crippen LogP contribution in [0.15, 0.2) is 48.5 Å². The van der Waals surface area contributed by atoms with Crippen molar-refractivity contribution in [1.29, 1.82) is 5.41 Å². The summed E-state index contributed by atoms with van der Waals surface area (Å²) < 4.78 is 0. The first-order valence-electron chi connectivity index (χ1n) is 4.98. The maximum atomic E-state index is 7.35. The maximum Gasteiger partial charge on any atom is 0.0256 e. The molecule has 0 atom stereocenters. The summed E-state index contributed by atoms with van der Waals surface area (Å²) in [7, 11) is 0. The van der Waals surface area contributed by atoms with E-state index >= 15 is 0 Å². The Morgan fingerprint density at radius 1 is 0.933 bits per heavy atom. The number of hydrogen-bond donors (Lipinski definition) is 1. The zero-order valence-electron chi connectivity index (χ0n) is 8.70. The summed E-state index contributed by atoms with van der Waals surface area (Å²) in [5.74, 6) is 0. The van der Waals surface area contributed by atoms with Crippen molar-refractivity contribution in [1.82, 2.24) is 0 Å². The molecule has 0 aliphatic heterocycles. The van der Waals surface area contributed by atoms with Crippen LogP contribution in [0.4, 0.5) is 0 Å². The van der Waals surface area contributed by atoms with Gasteiger partial charge in [0.1, 0.15) is 0 Å². The van der Waals surface area contributed by atoms with Crippen molar-refractivity contribution in [2.45, 2.75) is 6.92 Å². The first-order chi connectivity index (χ1) is 7.31. The van der Waals surface area contributed by atoms with E-state index in [0.717, 1.165) is 11.1 Å². The fraction of sp³-hybridized carbons (Fsp3) is 0.0714. The van der Waals surface area contributed by atoms with Crippen molar-refractivity contribution in [3.8, 4) is 11.1 Å². The van der Waals surface area contributed by atoms with Crippen LogP contribution in [0.1, 0.15) is 11.1 Å². The maximum absolute atomic E-state index is 7.35. The fourth-order valence-corrected chi connectivity index (χ4v) is 1.62. The Morgan fingerprint density at radius 2 is 1.60 bits per heavy atom. The summed E-state index contributed by atoms with van der Waals surface area (Å²) in [5.41, 5.74) is 4.50. The van der Waals surface area contributed by atoms with E-state index in [1.165, 1.54) is 17.3 Å². The highest BCUT2D eigenvalue weighted by Gasteiger charge is 2.01. The van der Waals surface area contributed by atoms with Crippen LogP contribution >= 0.6 is 0 Å². The van der Waals surface area contributed by atoms with E-state index in [1.807, 2.05) is 24.3 Å². The molecular formula is C14H13N. The van der Waals surface area contributed by atoms with E-state index in [0.29, 0.717) is 0 Å². The predicted molar refractivity (Wildman–Crippen MR) is 64.5 cm³/mol. The van der Waals surface area contributed by atoms with Crippen LogP contribution < -0.4 is 0 Å². The third kappa shape index (κ3) is 1.96. The van der Waals surface area contributed by atoms with Crippen LogP contribution in [0.5, 0.6) is 0 Å². The summed E-state index contributed by atoms with van der Waals surface area (Å²) in [4.78, 5) is 0. The Balaban J connectivity index is 2.53. The second-order valence-corrected chi connectivity index (χ2v) is 3.60. The molecule has 0 spiro atoms. The number of rotatable bonds is 2. The monoisotopic (exact) mass is 195 g/mol. The average Bonchev–Trinajstić information content (AvgIpc) is 2.30. The SMILES string of the molecule is Cc1ccc(-c2ccccc2C=N)cc1. The molecule has 0 amide bonds. The number of nitrogens with one attached hydrogen (secondary N) is 1. The lowest BCUT2D eigenvalue weighted by Gasteiger charge is -2.05. The molecule has 1 heteroatoms. The predicted octanol–water partition coefficient (Wildman–Crippen LogP) is 3.66. The first kappa shape index (κ1) is 9.66. The average molecular weight is 195 g/mol. The van der Waals surface area contributed by atoms with E-state index < -0.39 is 0 Å². The standard InChI is InChI=1S/C14H13N/c1-11-6-8-12(9-7-11)14-5-3-2-4-13(14)10-15/h2-10,15H,1H3. The first-order valence-corrected chi connectivity index (χ1v) is 4.98. The highest BCUT2D eigenvalue weighted by atomic mass is 14.3. The van der Waals surface area contributed by atoms with Gasteiger partial charge in [-0.15, -0.1) is 0 Å². The minimum absolute atomic E-state index is 0.960. The molecule has 0 aliphatic rings. The van der Waals surface area contributed by atoms with Gasteiger partial charge in [0.25, 0.3) is 0 Å². The van der Waals surface area contributed by atoms with Crippen LogP contribution in [0.2, 0.25) is 0 Å². The van der Waals surface area contributed by atoms with Crippen molar-refractivity contribution in [2.24, 2.45) is 0 Å². The van der Waals surface area contributed by atoms with Crippen molar-refractivity contribution < 1.29 is 0 Å². The molecule has 0 aliphatic carbocycles. The van der Waals surface area contributed by atoms with Gasteiger partial charge in [-0.25, -0.2) is 0 Å². The summed E-state index contributed by atoms with van der Waals surface area (Å²) in [5, 5.41) is 7.35. The van der Waals surface area contributed by atoms with E-state index in [9.17, 15) is 0 Å². The van der Waals surface area contributed by atoms with Crippen LogP contribution in [0.3, 0.4) is 0 Å². The van der Waals surface area contributed by atoms with Gasteiger partial charge in [-0.3, -0.25) is 0 Å². The van der Waals surface area contributed by atoms with Gasteiger partial charge < -0.3 is 5.41 Å². The molecule has 2 aromatic carbocycles. The van der Waals surface area contributed by atoms with Gasteiger partial charge in [0.05, 0.1) is 0 Å². The molecule has 74 valence electrons. The quantitative estimate of drug-likeness (QED) is 0.707. The van der Waals surface area contributed by atoms with Crippen molar-refractivity contribution in [3.05, 3.63) is 59.7 Å². The number of hydrogen-bond acceptors (Lipinski definition) is 1. The number of aryl methyl sites for hydroxylation is 1. The number of benzene rings is 2. The molecule has 2 aromatic rings. The molecule has 0 fully saturated rings. The van der Waals surface area contributed by atoms with Gasteiger partial charge in [0.15, 0.2) is 0 Å². The lowest BCUT2D eigenvalue weighted by molar-refractivity contribution is 1.46. The largest absolute Gasteiger partial charge is 0.308 e. The van der Waals surface area contributed by atoms with Crippen LogP contribution in [0.25, 0.3) is 11.1 Å². The molecule has 1 N–H and O–H groups in total. The highest BCUT2D eigenvalue weighted by Crippen LogP contribution is 2.22. The van der Waals surface area contributed by atoms with Crippen LogP contribution in [0, 0.1) is 12.3 Å². The molecule has 0 heterocycles. The van der Waals surface area contributed by atoms with E-state index in [1.54, 1.807) is 0 Å². The lowest BCUT2D eigenvalue weighted by atomic mass is 9.99. The minimum atomic E-state index is 0.960. The molecule has 1 nitrogen and oxygen atoms in total. The Bertz CT molecular complexity index is 469. The van der Waals surface area contributed by atoms with Gasteiger partial charge in [0.2, 0.25) is 0 Å². The Labute approximate surface area is 89.9 Å². The normalized spacial score (nSPS) is 9.93. The second kappa shape index (κ2) is 4.09. The molecule has 0 aromatic heterocycles. The van der Waals surface area contributed by atoms with Gasteiger partial charge in [0, 0.05) is 6.21 Å². The topological polar surface area (TPSA) is 23.9 Å². The third-order valence-electron chi connectivity index (χ3n) is 2.48. The second-order valence-electron chi connectivity index (χ2n) is 3.60. The summed E-state index contributed by atoms with van der Waals surface area (Å²) in [6, 6.07) is 16.3. The molecule has 0 unspecified atom stereocenters. The zero-order chi connectivity index (χ0) is 10.7. The van der Waals surface area contributed by atoms with Crippen LogP contribution in [-0.4, -0.2) is 6.21 Å². The fourth-order valence-electron chi connectivity index (χ4n) is 1.62. The van der Waals surface area contributed by atoms with Gasteiger partial charge >= 0.3 is 0 Å². The molecular weight excluding hydrogens is 182 g/mol. The van der Waals surface area contributed by atoms with Crippen molar-refractivity contribution in [3.63, 3.8) is 0 Å². The van der Waals surface area contributed by atoms with Gasteiger partial charge in [-0.2, -0.15) is 0 Å². The minimum Gasteiger partial charge on any atom is -0.308 e. The van der Waals surface area contributed by atoms with Crippen LogP contribution in [-0.2, 0) is 0 Å². The molecule has 0 radical (unpaired) electrons. The Hall–Kier alpha value is -1.89. The highest BCUT2D eigenvalue weighted by molar-refractivity contribution is 5.88. The summed E-state index contributed by atoms with van der Waals surface area (Å²) in [6.07, 6.45) is 1.40.